The van der Waals surface area contributed by atoms with E-state index >= 15 is 0 Å². The molecule has 0 atom stereocenters. The summed E-state index contributed by atoms with van der Waals surface area (Å²) in [6.45, 7) is 2.47. The zero-order valence-electron chi connectivity index (χ0n) is 18.4. The van der Waals surface area contributed by atoms with E-state index in [1.54, 1.807) is 23.8 Å². The zero-order valence-corrected chi connectivity index (χ0v) is 20.0. The number of fused-ring (bicyclic) bond motifs is 1. The first-order chi connectivity index (χ1) is 16.0. The Morgan fingerprint density at radius 3 is 2.64 bits per heavy atom. The van der Waals surface area contributed by atoms with Crippen molar-refractivity contribution >= 4 is 29.3 Å². The number of halogens is 1. The van der Waals surface area contributed by atoms with E-state index in [1.165, 1.54) is 11.8 Å². The van der Waals surface area contributed by atoms with E-state index in [0.717, 1.165) is 29.7 Å². The molecule has 2 heterocycles. The highest BCUT2D eigenvalue weighted by Gasteiger charge is 2.22. The molecule has 1 aliphatic rings. The minimum absolute atomic E-state index is 0.0633. The van der Waals surface area contributed by atoms with Gasteiger partial charge in [0, 0.05) is 23.3 Å². The fourth-order valence-corrected chi connectivity index (χ4v) is 4.80. The molecular formula is C24H24ClN2O5S-. The summed E-state index contributed by atoms with van der Waals surface area (Å²) in [6, 6.07) is 11.1. The van der Waals surface area contributed by atoms with E-state index in [4.69, 9.17) is 30.8 Å². The number of hydrogen-bond donors (Lipinski definition) is 0. The summed E-state index contributed by atoms with van der Waals surface area (Å²) in [5.74, 6) is 1.94. The highest BCUT2D eigenvalue weighted by Crippen LogP contribution is 2.38. The Bertz CT molecular complexity index is 1150. The molecule has 0 saturated heterocycles. The monoisotopic (exact) mass is 487 g/mol. The highest BCUT2D eigenvalue weighted by molar-refractivity contribution is 7.98. The number of nitrogens with zero attached hydrogens (tertiary/aromatic N) is 2. The molecule has 0 N–H and O–H groups in total. The van der Waals surface area contributed by atoms with Crippen LogP contribution in [0, 0.1) is 0 Å². The third kappa shape index (κ3) is 5.23. The Balaban J connectivity index is 1.66. The van der Waals surface area contributed by atoms with Gasteiger partial charge in [0.2, 0.25) is 6.79 Å². The normalized spacial score (nSPS) is 12.2. The summed E-state index contributed by atoms with van der Waals surface area (Å²) >= 11 is 7.85. The van der Waals surface area contributed by atoms with Crippen LogP contribution in [0.25, 0.3) is 0 Å². The number of hydrogen-bond acceptors (Lipinski definition) is 7. The van der Waals surface area contributed by atoms with Crippen molar-refractivity contribution in [1.29, 1.82) is 0 Å². The predicted octanol–water partition coefficient (Wildman–Crippen LogP) is 4.32. The van der Waals surface area contributed by atoms with Crippen molar-refractivity contribution in [1.82, 2.24) is 9.55 Å². The minimum atomic E-state index is -1.26. The van der Waals surface area contributed by atoms with Crippen molar-refractivity contribution in [3.63, 3.8) is 0 Å². The number of aromatic nitrogens is 2. The molecule has 1 aliphatic heterocycles. The first-order valence-corrected chi connectivity index (χ1v) is 12.0. The quantitative estimate of drug-likeness (QED) is 0.393. The van der Waals surface area contributed by atoms with Crippen molar-refractivity contribution < 1.29 is 24.1 Å². The number of methoxy groups -OCH3 is 1. The molecule has 2 aromatic carbocycles. The fourth-order valence-electron chi connectivity index (χ4n) is 3.59. The molecule has 33 heavy (non-hydrogen) atoms. The van der Waals surface area contributed by atoms with Crippen LogP contribution < -0.4 is 19.3 Å². The molecule has 0 bridgehead atoms. The molecule has 0 saturated carbocycles. The smallest absolute Gasteiger partial charge is 0.231 e. The van der Waals surface area contributed by atoms with Crippen molar-refractivity contribution in [2.75, 3.05) is 13.9 Å². The van der Waals surface area contributed by atoms with Gasteiger partial charge in [0.25, 0.3) is 0 Å². The highest BCUT2D eigenvalue weighted by atomic mass is 35.5. The molecule has 0 fully saturated rings. The first kappa shape index (κ1) is 23.3. The van der Waals surface area contributed by atoms with Crippen LogP contribution in [0.15, 0.2) is 41.4 Å². The molecule has 4 rings (SSSR count). The summed E-state index contributed by atoms with van der Waals surface area (Å²) in [4.78, 5) is 16.9. The van der Waals surface area contributed by atoms with Gasteiger partial charge < -0.3 is 28.7 Å². The maximum absolute atomic E-state index is 12.2. The number of thioether (sulfide) groups is 1. The number of benzene rings is 2. The number of aryl methyl sites for hydroxylation is 1. The summed E-state index contributed by atoms with van der Waals surface area (Å²) < 4.78 is 17.7. The lowest BCUT2D eigenvalue weighted by Gasteiger charge is -2.15. The van der Waals surface area contributed by atoms with Crippen LogP contribution in [0.2, 0.25) is 5.02 Å². The van der Waals surface area contributed by atoms with Gasteiger partial charge in [-0.2, -0.15) is 0 Å². The lowest BCUT2D eigenvalue weighted by atomic mass is 10.2. The number of carboxylic acids is 1. The summed E-state index contributed by atoms with van der Waals surface area (Å²) in [6.07, 6.45) is 2.51. The van der Waals surface area contributed by atoms with Gasteiger partial charge in [0.1, 0.15) is 16.6 Å². The van der Waals surface area contributed by atoms with Crippen molar-refractivity contribution in [2.45, 2.75) is 43.5 Å². The molecular weight excluding hydrogens is 464 g/mol. The Morgan fingerprint density at radius 2 is 1.97 bits per heavy atom. The van der Waals surface area contributed by atoms with Crippen LogP contribution >= 0.6 is 23.4 Å². The first-order valence-electron chi connectivity index (χ1n) is 10.6. The topological polar surface area (TPSA) is 85.6 Å². The molecule has 174 valence electrons. The van der Waals surface area contributed by atoms with Crippen LogP contribution in [-0.4, -0.2) is 29.4 Å². The Kier molecular flexibility index (Phi) is 7.35. The van der Waals surface area contributed by atoms with Crippen LogP contribution in [0.5, 0.6) is 17.2 Å². The number of carbonyl (C=O) groups is 1. The molecule has 0 amide bonds. The number of aromatic carboxylic acids is 1. The van der Waals surface area contributed by atoms with Gasteiger partial charge in [-0.15, -0.1) is 0 Å². The molecule has 0 radical (unpaired) electrons. The lowest BCUT2D eigenvalue weighted by molar-refractivity contribution is -0.256. The van der Waals surface area contributed by atoms with E-state index < -0.39 is 5.97 Å². The SMILES string of the molecule is CCCCc1nc(SCc2ccc(OC)cc2)c(C(=O)[O-])n1Cc1cc2c(cc1Cl)OCO2. The van der Waals surface area contributed by atoms with Crippen LogP contribution in [0.3, 0.4) is 0 Å². The van der Waals surface area contributed by atoms with E-state index in [0.29, 0.717) is 39.5 Å². The maximum Gasteiger partial charge on any atom is 0.231 e. The number of imidazole rings is 1. The van der Waals surface area contributed by atoms with Gasteiger partial charge in [-0.3, -0.25) is 0 Å². The Morgan fingerprint density at radius 1 is 1.24 bits per heavy atom. The van der Waals surface area contributed by atoms with Gasteiger partial charge in [-0.05, 0) is 35.7 Å². The van der Waals surface area contributed by atoms with Gasteiger partial charge in [0.15, 0.2) is 11.5 Å². The molecule has 1 aromatic heterocycles. The third-order valence-electron chi connectivity index (χ3n) is 5.37. The minimum Gasteiger partial charge on any atom is -0.543 e. The number of carbonyl (C=O) groups excluding carboxylic acids is 1. The molecule has 0 aliphatic carbocycles. The predicted molar refractivity (Wildman–Crippen MR) is 124 cm³/mol. The number of rotatable bonds is 10. The molecule has 9 heteroatoms. The number of unbranched alkanes of at least 4 members (excludes halogenated alkanes) is 1. The Labute approximate surface area is 201 Å². The summed E-state index contributed by atoms with van der Waals surface area (Å²) in [7, 11) is 1.62. The summed E-state index contributed by atoms with van der Waals surface area (Å²) in [5, 5.41) is 13.1. The average Bonchev–Trinajstić information content (AvgIpc) is 3.40. The van der Waals surface area contributed by atoms with E-state index in [-0.39, 0.29) is 19.0 Å². The lowest BCUT2D eigenvalue weighted by Crippen LogP contribution is -2.27. The number of ether oxygens (including phenoxy) is 3. The third-order valence-corrected chi connectivity index (χ3v) is 6.75. The maximum atomic E-state index is 12.2. The standard InChI is InChI=1S/C24H25ClN2O5S/c1-3-4-5-21-26-23(33-13-15-6-8-17(30-2)9-7-15)22(24(28)29)27(21)12-16-10-19-20(11-18(16)25)32-14-31-19/h6-11H,3-5,12-14H2,1-2H3,(H,28,29)/p-1. The Hall–Kier alpha value is -2.84. The average molecular weight is 488 g/mol. The van der Waals surface area contributed by atoms with E-state index in [9.17, 15) is 9.90 Å². The van der Waals surface area contributed by atoms with Crippen LogP contribution in [0.1, 0.15) is 47.2 Å². The van der Waals surface area contributed by atoms with Crippen LogP contribution in [-0.2, 0) is 18.7 Å². The van der Waals surface area contributed by atoms with Gasteiger partial charge in [-0.25, -0.2) is 4.98 Å². The van der Waals surface area contributed by atoms with Crippen molar-refractivity contribution in [3.05, 3.63) is 64.1 Å². The zero-order chi connectivity index (χ0) is 23.4. The number of carboxylic acid groups (broad SMARTS) is 1. The molecule has 0 spiro atoms. The van der Waals surface area contributed by atoms with E-state index in [2.05, 4.69) is 6.92 Å². The molecule has 7 nitrogen and oxygen atoms in total. The van der Waals surface area contributed by atoms with Gasteiger partial charge in [-0.1, -0.05) is 48.8 Å². The largest absolute Gasteiger partial charge is 0.543 e. The van der Waals surface area contributed by atoms with Crippen molar-refractivity contribution in [3.8, 4) is 17.2 Å². The second kappa shape index (κ2) is 10.4. The van der Waals surface area contributed by atoms with Crippen molar-refractivity contribution in [2.24, 2.45) is 0 Å². The molecule has 3 aromatic rings. The van der Waals surface area contributed by atoms with Gasteiger partial charge in [0.05, 0.1) is 25.3 Å². The van der Waals surface area contributed by atoms with Gasteiger partial charge >= 0.3 is 0 Å². The summed E-state index contributed by atoms with van der Waals surface area (Å²) in [5.41, 5.74) is 1.83. The fraction of sp³-hybridized carbons (Fsp3) is 0.333. The van der Waals surface area contributed by atoms with E-state index in [1.807, 2.05) is 24.3 Å². The van der Waals surface area contributed by atoms with Crippen LogP contribution in [0.4, 0.5) is 0 Å². The second-order valence-corrected chi connectivity index (χ2v) is 8.96. The second-order valence-electron chi connectivity index (χ2n) is 7.59. The molecule has 0 unspecified atom stereocenters.